The molecule has 3 nitrogen and oxygen atoms in total. The van der Waals surface area contributed by atoms with Gasteiger partial charge in [-0.15, -0.1) is 11.3 Å². The third kappa shape index (κ3) is 4.77. The molecule has 1 aromatic rings. The van der Waals surface area contributed by atoms with Gasteiger partial charge in [0.25, 0.3) is 0 Å². The minimum atomic E-state index is -0.187. The lowest BCUT2D eigenvalue weighted by Gasteiger charge is -2.19. The smallest absolute Gasteiger partial charge is 0.237 e. The second kappa shape index (κ2) is 6.52. The van der Waals surface area contributed by atoms with Crippen LogP contribution in [0.25, 0.3) is 0 Å². The zero-order chi connectivity index (χ0) is 13.0. The minimum absolute atomic E-state index is 0.0440. The van der Waals surface area contributed by atoms with Gasteiger partial charge in [-0.3, -0.25) is 10.1 Å². The minimum Gasteiger partial charge on any atom is -0.353 e. The van der Waals surface area contributed by atoms with Crippen molar-refractivity contribution in [3.63, 3.8) is 0 Å². The molecule has 1 amide bonds. The lowest BCUT2D eigenvalue weighted by molar-refractivity contribution is -0.123. The van der Waals surface area contributed by atoms with Gasteiger partial charge in [0, 0.05) is 17.0 Å². The van der Waals surface area contributed by atoms with Gasteiger partial charge in [-0.25, -0.2) is 0 Å². The van der Waals surface area contributed by atoms with Gasteiger partial charge in [-0.1, -0.05) is 0 Å². The summed E-state index contributed by atoms with van der Waals surface area (Å²) in [5, 5.41) is 6.19. The quantitative estimate of drug-likeness (QED) is 0.876. The number of amides is 1. The van der Waals surface area contributed by atoms with Crippen molar-refractivity contribution >= 4 is 33.2 Å². The number of hydrogen-bond acceptors (Lipinski definition) is 3. The average molecular weight is 319 g/mol. The fraction of sp³-hybridized carbons (Fsp3) is 0.583. The lowest BCUT2D eigenvalue weighted by atomic mass is 10.2. The molecule has 0 aliphatic carbocycles. The molecule has 0 aliphatic heterocycles. The Morgan fingerprint density at radius 3 is 2.41 bits per heavy atom. The summed E-state index contributed by atoms with van der Waals surface area (Å²) in [6.07, 6.45) is 0. The van der Waals surface area contributed by atoms with Crippen molar-refractivity contribution in [3.8, 4) is 0 Å². The summed E-state index contributed by atoms with van der Waals surface area (Å²) >= 11 is 5.13. The number of hydrogen-bond donors (Lipinski definition) is 2. The standard InChI is InChI=1S/C12H19BrN2OS/c1-7(2)14-12(16)9(4)15-8(3)10-5-6-11(13)17-10/h5-9,15H,1-4H3,(H,14,16). The second-order valence-electron chi connectivity index (χ2n) is 4.42. The molecule has 5 heteroatoms. The number of carbonyl (C=O) groups is 1. The van der Waals surface area contributed by atoms with E-state index in [2.05, 4.69) is 39.6 Å². The van der Waals surface area contributed by atoms with Crippen LogP contribution in [-0.4, -0.2) is 18.0 Å². The van der Waals surface area contributed by atoms with E-state index in [1.807, 2.05) is 26.8 Å². The molecule has 0 saturated heterocycles. The Morgan fingerprint density at radius 1 is 1.29 bits per heavy atom. The van der Waals surface area contributed by atoms with Crippen LogP contribution >= 0.6 is 27.3 Å². The van der Waals surface area contributed by atoms with Gasteiger partial charge in [-0.05, 0) is 55.8 Å². The van der Waals surface area contributed by atoms with Crippen molar-refractivity contribution < 1.29 is 4.79 Å². The maximum atomic E-state index is 11.7. The highest BCUT2D eigenvalue weighted by molar-refractivity contribution is 9.11. The molecule has 1 rings (SSSR count). The number of carbonyl (C=O) groups excluding carboxylic acids is 1. The van der Waals surface area contributed by atoms with Crippen LogP contribution in [0.2, 0.25) is 0 Å². The topological polar surface area (TPSA) is 41.1 Å². The van der Waals surface area contributed by atoms with Crippen molar-refractivity contribution in [1.82, 2.24) is 10.6 Å². The second-order valence-corrected chi connectivity index (χ2v) is 6.91. The van der Waals surface area contributed by atoms with Crippen LogP contribution in [-0.2, 0) is 4.79 Å². The fourth-order valence-corrected chi connectivity index (χ4v) is 2.94. The summed E-state index contributed by atoms with van der Waals surface area (Å²) in [5.41, 5.74) is 0. The molecule has 1 heterocycles. The highest BCUT2D eigenvalue weighted by Gasteiger charge is 2.17. The van der Waals surface area contributed by atoms with E-state index in [1.54, 1.807) is 11.3 Å². The molecule has 0 aromatic carbocycles. The molecular weight excluding hydrogens is 300 g/mol. The van der Waals surface area contributed by atoms with Crippen molar-refractivity contribution in [2.45, 2.75) is 45.8 Å². The van der Waals surface area contributed by atoms with E-state index in [9.17, 15) is 4.79 Å². The van der Waals surface area contributed by atoms with Crippen LogP contribution in [0.15, 0.2) is 15.9 Å². The first-order valence-corrected chi connectivity index (χ1v) is 7.32. The first kappa shape index (κ1) is 14.7. The number of thiophene rings is 1. The molecule has 1 aromatic heterocycles. The third-order valence-corrected chi connectivity index (χ3v) is 4.15. The summed E-state index contributed by atoms with van der Waals surface area (Å²) in [4.78, 5) is 13.0. The van der Waals surface area contributed by atoms with Gasteiger partial charge in [0.1, 0.15) is 0 Å². The number of nitrogens with one attached hydrogen (secondary N) is 2. The summed E-state index contributed by atoms with van der Waals surface area (Å²) in [6, 6.07) is 4.27. The first-order valence-electron chi connectivity index (χ1n) is 5.71. The molecule has 0 bridgehead atoms. The van der Waals surface area contributed by atoms with Crippen molar-refractivity contribution in [1.29, 1.82) is 0 Å². The van der Waals surface area contributed by atoms with Crippen LogP contribution in [0.5, 0.6) is 0 Å². The Morgan fingerprint density at radius 2 is 1.94 bits per heavy atom. The monoisotopic (exact) mass is 318 g/mol. The van der Waals surface area contributed by atoms with Crippen molar-refractivity contribution in [2.24, 2.45) is 0 Å². The third-order valence-electron chi connectivity index (χ3n) is 2.34. The molecular formula is C12H19BrN2OS. The van der Waals surface area contributed by atoms with E-state index >= 15 is 0 Å². The van der Waals surface area contributed by atoms with Gasteiger partial charge in [-0.2, -0.15) is 0 Å². The molecule has 0 saturated carbocycles. The van der Waals surface area contributed by atoms with E-state index in [-0.39, 0.29) is 24.0 Å². The first-order chi connectivity index (χ1) is 7.90. The van der Waals surface area contributed by atoms with Gasteiger partial charge in [0.15, 0.2) is 0 Å². The Bertz CT molecular complexity index is 378. The largest absolute Gasteiger partial charge is 0.353 e. The van der Waals surface area contributed by atoms with E-state index in [0.717, 1.165) is 3.79 Å². The van der Waals surface area contributed by atoms with Crippen LogP contribution in [0.1, 0.15) is 38.6 Å². The average Bonchev–Trinajstić information content (AvgIpc) is 2.63. The molecule has 2 N–H and O–H groups in total. The molecule has 96 valence electrons. The fourth-order valence-electron chi connectivity index (χ4n) is 1.50. The maximum absolute atomic E-state index is 11.7. The number of halogens is 1. The SMILES string of the molecule is CC(C)NC(=O)C(C)NC(C)c1ccc(Br)s1. The van der Waals surface area contributed by atoms with Gasteiger partial charge < -0.3 is 5.32 Å². The summed E-state index contributed by atoms with van der Waals surface area (Å²) in [5.74, 6) is 0.0440. The molecule has 2 atom stereocenters. The Labute approximate surface area is 115 Å². The Kier molecular flexibility index (Phi) is 5.62. The van der Waals surface area contributed by atoms with Crippen LogP contribution in [0, 0.1) is 0 Å². The Balaban J connectivity index is 2.51. The van der Waals surface area contributed by atoms with Gasteiger partial charge in [0.05, 0.1) is 9.83 Å². The highest BCUT2D eigenvalue weighted by atomic mass is 79.9. The van der Waals surface area contributed by atoms with Gasteiger partial charge >= 0.3 is 0 Å². The predicted octanol–water partition coefficient (Wildman–Crippen LogP) is 3.07. The zero-order valence-electron chi connectivity index (χ0n) is 10.6. The van der Waals surface area contributed by atoms with Crippen molar-refractivity contribution in [3.05, 3.63) is 20.8 Å². The predicted molar refractivity (Wildman–Crippen MR) is 76.3 cm³/mol. The molecule has 2 unspecified atom stereocenters. The number of rotatable bonds is 5. The van der Waals surface area contributed by atoms with E-state index in [0.29, 0.717) is 0 Å². The lowest BCUT2D eigenvalue weighted by Crippen LogP contribution is -2.45. The zero-order valence-corrected chi connectivity index (χ0v) is 13.0. The van der Waals surface area contributed by atoms with E-state index in [4.69, 9.17) is 0 Å². The van der Waals surface area contributed by atoms with Crippen LogP contribution in [0.4, 0.5) is 0 Å². The van der Waals surface area contributed by atoms with E-state index in [1.165, 1.54) is 4.88 Å². The van der Waals surface area contributed by atoms with Crippen LogP contribution in [0.3, 0.4) is 0 Å². The summed E-state index contributed by atoms with van der Waals surface area (Å²) < 4.78 is 1.11. The summed E-state index contributed by atoms with van der Waals surface area (Å²) in [6.45, 7) is 7.88. The molecule has 0 aliphatic rings. The van der Waals surface area contributed by atoms with Crippen molar-refractivity contribution in [2.75, 3.05) is 0 Å². The molecule has 0 fully saturated rings. The van der Waals surface area contributed by atoms with Crippen LogP contribution < -0.4 is 10.6 Å². The highest BCUT2D eigenvalue weighted by Crippen LogP contribution is 2.27. The molecule has 0 radical (unpaired) electrons. The molecule has 0 spiro atoms. The maximum Gasteiger partial charge on any atom is 0.237 e. The van der Waals surface area contributed by atoms with E-state index < -0.39 is 0 Å². The summed E-state index contributed by atoms with van der Waals surface area (Å²) in [7, 11) is 0. The molecule has 17 heavy (non-hydrogen) atoms. The normalized spacial score (nSPS) is 14.7. The Hall–Kier alpha value is -0.390. The van der Waals surface area contributed by atoms with Gasteiger partial charge in [0.2, 0.25) is 5.91 Å².